The first-order valence-electron chi connectivity index (χ1n) is 5.87. The summed E-state index contributed by atoms with van der Waals surface area (Å²) in [4.78, 5) is 27.7. The van der Waals surface area contributed by atoms with E-state index in [1.165, 1.54) is 17.0 Å². The van der Waals surface area contributed by atoms with Crippen LogP contribution in [0.3, 0.4) is 0 Å². The van der Waals surface area contributed by atoms with Crippen molar-refractivity contribution in [1.29, 1.82) is 0 Å². The molecular formula is C14H13N3O2S. The number of amides is 1. The fourth-order valence-electron chi connectivity index (χ4n) is 1.84. The van der Waals surface area contributed by atoms with Gasteiger partial charge in [-0.25, -0.2) is 0 Å². The molecule has 0 saturated carbocycles. The van der Waals surface area contributed by atoms with Crippen molar-refractivity contribution in [2.75, 3.05) is 11.9 Å². The summed E-state index contributed by atoms with van der Waals surface area (Å²) in [7, 11) is 1.60. The molecule has 0 fully saturated rings. The molecular weight excluding hydrogens is 274 g/mol. The van der Waals surface area contributed by atoms with Crippen molar-refractivity contribution in [2.45, 2.75) is 0 Å². The van der Waals surface area contributed by atoms with Gasteiger partial charge < -0.3 is 15.6 Å². The van der Waals surface area contributed by atoms with E-state index in [1.807, 2.05) is 0 Å². The highest BCUT2D eigenvalue weighted by Crippen LogP contribution is 2.20. The predicted octanol–water partition coefficient (Wildman–Crippen LogP) is 1.29. The molecule has 6 heteroatoms. The van der Waals surface area contributed by atoms with Crippen molar-refractivity contribution in [2.24, 2.45) is 5.73 Å². The number of nitrogens with one attached hydrogen (secondary N) is 1. The summed E-state index contributed by atoms with van der Waals surface area (Å²) >= 11 is 4.97. The molecule has 0 aliphatic carbocycles. The maximum absolute atomic E-state index is 12.3. The van der Waals surface area contributed by atoms with Crippen LogP contribution >= 0.6 is 12.2 Å². The number of rotatable bonds is 3. The normalized spacial score (nSPS) is 10.1. The van der Waals surface area contributed by atoms with Gasteiger partial charge in [0.25, 0.3) is 5.91 Å². The number of nitrogens with two attached hydrogens (primary N) is 1. The molecule has 0 atom stereocenters. The van der Waals surface area contributed by atoms with Gasteiger partial charge >= 0.3 is 0 Å². The molecule has 1 amide bonds. The summed E-state index contributed by atoms with van der Waals surface area (Å²) in [5, 5.41) is 0. The Balaban J connectivity index is 2.41. The van der Waals surface area contributed by atoms with Crippen molar-refractivity contribution in [3.63, 3.8) is 0 Å². The van der Waals surface area contributed by atoms with E-state index in [0.29, 0.717) is 11.3 Å². The lowest BCUT2D eigenvalue weighted by Crippen LogP contribution is -2.30. The van der Waals surface area contributed by atoms with E-state index in [0.717, 1.165) is 0 Å². The molecule has 0 aliphatic rings. The zero-order chi connectivity index (χ0) is 14.7. The van der Waals surface area contributed by atoms with Crippen LogP contribution in [0.5, 0.6) is 0 Å². The van der Waals surface area contributed by atoms with Crippen molar-refractivity contribution in [3.8, 4) is 0 Å². The summed E-state index contributed by atoms with van der Waals surface area (Å²) in [6.45, 7) is 0. The third-order valence-corrected chi connectivity index (χ3v) is 3.05. The molecule has 1 aromatic carbocycles. The summed E-state index contributed by atoms with van der Waals surface area (Å²) in [5.74, 6) is -0.341. The Morgan fingerprint density at radius 3 is 2.55 bits per heavy atom. The number of H-pyrrole nitrogens is 1. The topological polar surface area (TPSA) is 79.2 Å². The smallest absolute Gasteiger partial charge is 0.274 e. The molecule has 0 aliphatic heterocycles. The summed E-state index contributed by atoms with van der Waals surface area (Å²) in [6, 6.07) is 11.5. The molecule has 1 aromatic heterocycles. The first kappa shape index (κ1) is 14.0. The third-order valence-electron chi connectivity index (χ3n) is 2.83. The van der Waals surface area contributed by atoms with Gasteiger partial charge in [-0.15, -0.1) is 0 Å². The average Bonchev–Trinajstić information content (AvgIpc) is 2.45. The zero-order valence-corrected chi connectivity index (χ0v) is 11.6. The maximum Gasteiger partial charge on any atom is 0.274 e. The molecule has 1 heterocycles. The number of benzene rings is 1. The Bertz CT molecular complexity index is 724. The molecule has 0 unspecified atom stereocenters. The summed E-state index contributed by atoms with van der Waals surface area (Å²) in [6.07, 6.45) is 0. The fraction of sp³-hybridized carbons (Fsp3) is 0.0714. The van der Waals surface area contributed by atoms with Gasteiger partial charge in [0.2, 0.25) is 5.56 Å². The SMILES string of the molecule is CN(C(=O)c1cccc(=O)[nH]1)c1ccccc1C(N)=S. The standard InChI is InChI=1S/C14H13N3O2S/c1-17(11-7-3-2-5-9(11)13(15)20)14(19)10-6-4-8-12(18)16-10/h2-8H,1H3,(H2,15,20)(H,16,18). The highest BCUT2D eigenvalue weighted by Gasteiger charge is 2.17. The number of anilines is 1. The van der Waals surface area contributed by atoms with Gasteiger partial charge in [-0.3, -0.25) is 9.59 Å². The van der Waals surface area contributed by atoms with Crippen molar-refractivity contribution < 1.29 is 4.79 Å². The largest absolute Gasteiger partial charge is 0.389 e. The Hall–Kier alpha value is -2.47. The monoisotopic (exact) mass is 287 g/mol. The number of carbonyl (C=O) groups excluding carboxylic acids is 1. The van der Waals surface area contributed by atoms with E-state index in [4.69, 9.17) is 18.0 Å². The van der Waals surface area contributed by atoms with Crippen LogP contribution in [0.25, 0.3) is 0 Å². The molecule has 0 bridgehead atoms. The molecule has 0 saturated heterocycles. The lowest BCUT2D eigenvalue weighted by atomic mass is 10.1. The first-order chi connectivity index (χ1) is 9.50. The first-order valence-corrected chi connectivity index (χ1v) is 6.28. The lowest BCUT2D eigenvalue weighted by Gasteiger charge is -2.20. The number of aromatic nitrogens is 1. The minimum Gasteiger partial charge on any atom is -0.389 e. The van der Waals surface area contributed by atoms with Gasteiger partial charge in [-0.05, 0) is 18.2 Å². The number of hydrogen-bond donors (Lipinski definition) is 2. The second-order valence-corrected chi connectivity index (χ2v) is 4.61. The Labute approximate surface area is 121 Å². The second-order valence-electron chi connectivity index (χ2n) is 4.17. The van der Waals surface area contributed by atoms with E-state index in [2.05, 4.69) is 4.98 Å². The van der Waals surface area contributed by atoms with E-state index >= 15 is 0 Å². The van der Waals surface area contributed by atoms with E-state index in [-0.39, 0.29) is 22.1 Å². The van der Waals surface area contributed by atoms with Gasteiger partial charge in [0.1, 0.15) is 10.7 Å². The molecule has 3 N–H and O–H groups in total. The quantitative estimate of drug-likeness (QED) is 0.834. The van der Waals surface area contributed by atoms with Gasteiger partial charge in [0.15, 0.2) is 0 Å². The molecule has 20 heavy (non-hydrogen) atoms. The van der Waals surface area contributed by atoms with E-state index < -0.39 is 0 Å². The fourth-order valence-corrected chi connectivity index (χ4v) is 2.01. The number of pyridine rings is 1. The summed E-state index contributed by atoms with van der Waals surface area (Å²) in [5.41, 5.74) is 6.73. The minimum atomic E-state index is -0.341. The number of hydrogen-bond acceptors (Lipinski definition) is 3. The van der Waals surface area contributed by atoms with Crippen LogP contribution in [0.4, 0.5) is 5.69 Å². The third kappa shape index (κ3) is 2.75. The predicted molar refractivity (Wildman–Crippen MR) is 82.1 cm³/mol. The van der Waals surface area contributed by atoms with Crippen LogP contribution in [-0.4, -0.2) is 22.9 Å². The van der Waals surface area contributed by atoms with Gasteiger partial charge in [-0.2, -0.15) is 0 Å². The maximum atomic E-state index is 12.3. The van der Waals surface area contributed by atoms with E-state index in [9.17, 15) is 9.59 Å². The number of aromatic amines is 1. The molecule has 2 aromatic rings. The number of carbonyl (C=O) groups is 1. The van der Waals surface area contributed by atoms with Gasteiger partial charge in [-0.1, -0.05) is 30.4 Å². The van der Waals surface area contributed by atoms with Crippen LogP contribution < -0.4 is 16.2 Å². The minimum absolute atomic E-state index is 0.206. The highest BCUT2D eigenvalue weighted by molar-refractivity contribution is 7.80. The summed E-state index contributed by atoms with van der Waals surface area (Å²) < 4.78 is 0. The Kier molecular flexibility index (Phi) is 3.95. The Morgan fingerprint density at radius 1 is 1.20 bits per heavy atom. The molecule has 2 rings (SSSR count). The molecule has 0 spiro atoms. The van der Waals surface area contributed by atoms with Gasteiger partial charge in [0, 0.05) is 18.7 Å². The second kappa shape index (κ2) is 5.66. The molecule has 0 radical (unpaired) electrons. The highest BCUT2D eigenvalue weighted by atomic mass is 32.1. The van der Waals surface area contributed by atoms with Crippen LogP contribution in [0.15, 0.2) is 47.3 Å². The van der Waals surface area contributed by atoms with Crippen LogP contribution in [0, 0.1) is 0 Å². The average molecular weight is 287 g/mol. The number of para-hydroxylation sites is 1. The van der Waals surface area contributed by atoms with Crippen LogP contribution in [0.1, 0.15) is 16.1 Å². The molecule has 5 nitrogen and oxygen atoms in total. The number of nitrogens with zero attached hydrogens (tertiary/aromatic N) is 1. The van der Waals surface area contributed by atoms with Crippen molar-refractivity contribution >= 4 is 28.8 Å². The molecule has 102 valence electrons. The zero-order valence-electron chi connectivity index (χ0n) is 10.8. The van der Waals surface area contributed by atoms with Gasteiger partial charge in [0.05, 0.1) is 5.69 Å². The van der Waals surface area contributed by atoms with Crippen molar-refractivity contribution in [3.05, 3.63) is 64.1 Å². The number of thiocarbonyl (C=S) groups is 1. The van der Waals surface area contributed by atoms with Crippen LogP contribution in [0.2, 0.25) is 0 Å². The van der Waals surface area contributed by atoms with Crippen molar-refractivity contribution in [1.82, 2.24) is 4.98 Å². The lowest BCUT2D eigenvalue weighted by molar-refractivity contribution is 0.0988. The van der Waals surface area contributed by atoms with Crippen LogP contribution in [-0.2, 0) is 0 Å². The van der Waals surface area contributed by atoms with E-state index in [1.54, 1.807) is 37.4 Å². The Morgan fingerprint density at radius 2 is 1.90 bits per heavy atom.